The minimum atomic E-state index is -1.18. The summed E-state index contributed by atoms with van der Waals surface area (Å²) in [6.07, 6.45) is 1.86. The van der Waals surface area contributed by atoms with Crippen molar-refractivity contribution >= 4 is 30.2 Å². The molecule has 0 aromatic carbocycles. The molecule has 0 bridgehead atoms. The van der Waals surface area contributed by atoms with Gasteiger partial charge in [-0.25, -0.2) is 15.0 Å². The Kier molecular flexibility index (Phi) is 6.06. The van der Waals surface area contributed by atoms with E-state index in [0.717, 1.165) is 19.4 Å². The number of fused-ring (bicyclic) bond motifs is 1. The smallest absolute Gasteiger partial charge is 0.254 e. The molecular formula is C18H26N8O4. The first-order chi connectivity index (χ1) is 14.6. The van der Waals surface area contributed by atoms with Crippen LogP contribution in [0.25, 0.3) is 0 Å². The number of amides is 1. The Hall–Kier alpha value is -2.83. The summed E-state index contributed by atoms with van der Waals surface area (Å²) in [5.74, 6) is 1.01. The molecular weight excluding hydrogens is 392 g/mol. The van der Waals surface area contributed by atoms with E-state index in [2.05, 4.69) is 42.8 Å². The zero-order chi connectivity index (χ0) is 21.1. The minimum absolute atomic E-state index is 0.225. The van der Waals surface area contributed by atoms with Gasteiger partial charge in [-0.2, -0.15) is 0 Å². The molecule has 0 saturated carbocycles. The highest BCUT2D eigenvalue weighted by Gasteiger charge is 2.50. The van der Waals surface area contributed by atoms with Crippen LogP contribution in [0.2, 0.25) is 0 Å². The third kappa shape index (κ3) is 4.06. The number of carbonyl (C=O) groups is 1. The lowest BCUT2D eigenvalue weighted by molar-refractivity contribution is -0.123. The molecule has 30 heavy (non-hydrogen) atoms. The molecule has 4 heterocycles. The van der Waals surface area contributed by atoms with Gasteiger partial charge in [0.25, 0.3) is 5.91 Å². The molecule has 1 fully saturated rings. The first-order valence-corrected chi connectivity index (χ1v) is 10.0. The third-order valence-electron chi connectivity index (χ3n) is 5.27. The Bertz CT molecular complexity index is 821. The molecule has 6 atom stereocenters. The van der Waals surface area contributed by atoms with Gasteiger partial charge < -0.3 is 35.8 Å². The summed E-state index contributed by atoms with van der Waals surface area (Å²) in [6.45, 7) is 3.17. The maximum Gasteiger partial charge on any atom is 0.254 e. The number of aliphatic hydroxyl groups is 2. The van der Waals surface area contributed by atoms with Gasteiger partial charge in [-0.15, -0.1) is 0 Å². The van der Waals surface area contributed by atoms with Crippen LogP contribution in [-0.4, -0.2) is 93.5 Å². The number of nitrogens with one attached hydrogen (secondary N) is 3. The maximum absolute atomic E-state index is 11.9. The summed E-state index contributed by atoms with van der Waals surface area (Å²) >= 11 is 0. The summed E-state index contributed by atoms with van der Waals surface area (Å²) in [5.41, 5.74) is 0. The monoisotopic (exact) mass is 418 g/mol. The van der Waals surface area contributed by atoms with Crippen molar-refractivity contribution in [2.24, 2.45) is 9.98 Å². The second-order valence-electron chi connectivity index (χ2n) is 7.35. The average Bonchev–Trinajstić information content (AvgIpc) is 3.30. The number of nitrogens with zero attached hydrogens (tertiary/aromatic N) is 5. The molecule has 3 aliphatic heterocycles. The topological polar surface area (TPSA) is 157 Å². The molecule has 1 aromatic rings. The molecule has 1 saturated heterocycles. The van der Waals surface area contributed by atoms with Crippen LogP contribution in [0.3, 0.4) is 0 Å². The second-order valence-corrected chi connectivity index (χ2v) is 7.35. The van der Waals surface area contributed by atoms with Gasteiger partial charge in [0.1, 0.15) is 36.3 Å². The fourth-order valence-corrected chi connectivity index (χ4v) is 3.59. The van der Waals surface area contributed by atoms with Crippen molar-refractivity contribution in [1.29, 1.82) is 0 Å². The highest BCUT2D eigenvalue weighted by atomic mass is 16.6. The van der Waals surface area contributed by atoms with Crippen molar-refractivity contribution in [3.63, 3.8) is 0 Å². The van der Waals surface area contributed by atoms with Gasteiger partial charge in [0.15, 0.2) is 18.4 Å². The molecule has 12 heteroatoms. The van der Waals surface area contributed by atoms with Crippen LogP contribution < -0.4 is 16.0 Å². The van der Waals surface area contributed by atoms with Gasteiger partial charge in [0.05, 0.1) is 12.7 Å². The Morgan fingerprint density at radius 1 is 1.20 bits per heavy atom. The van der Waals surface area contributed by atoms with Gasteiger partial charge in [-0.05, 0) is 6.42 Å². The minimum Gasteiger partial charge on any atom is -0.387 e. The number of rotatable bonds is 8. The Labute approximate surface area is 173 Å². The van der Waals surface area contributed by atoms with E-state index in [1.165, 1.54) is 19.0 Å². The zero-order valence-electron chi connectivity index (χ0n) is 16.5. The lowest BCUT2D eigenvalue weighted by atomic mass is 10.1. The number of unbranched alkanes of at least 4 members (excludes halogenated alkanes) is 1. The van der Waals surface area contributed by atoms with Crippen molar-refractivity contribution < 1.29 is 19.7 Å². The van der Waals surface area contributed by atoms with Crippen LogP contribution in [0, 0.1) is 0 Å². The summed E-state index contributed by atoms with van der Waals surface area (Å²) in [7, 11) is 0. The highest BCUT2D eigenvalue weighted by molar-refractivity contribution is 5.96. The SMILES string of the molecule is CCCCNc1cc(NC[C@H]2O[C@@H](N3C=NC4C(=O)NC=NC43)[C@H](O)[C@@H]2O)ncn1. The van der Waals surface area contributed by atoms with Crippen LogP contribution in [0.1, 0.15) is 19.8 Å². The van der Waals surface area contributed by atoms with Crippen molar-refractivity contribution in [1.82, 2.24) is 20.2 Å². The lowest BCUT2D eigenvalue weighted by Gasteiger charge is -2.31. The number of anilines is 2. The number of carbonyl (C=O) groups excluding carboxylic acids is 1. The predicted octanol–water partition coefficient (Wildman–Crippen LogP) is -1.26. The number of ether oxygens (including phenoxy) is 1. The van der Waals surface area contributed by atoms with Gasteiger partial charge >= 0.3 is 0 Å². The average molecular weight is 418 g/mol. The molecule has 2 unspecified atom stereocenters. The third-order valence-corrected chi connectivity index (χ3v) is 5.27. The van der Waals surface area contributed by atoms with E-state index in [4.69, 9.17) is 4.74 Å². The predicted molar refractivity (Wildman–Crippen MR) is 109 cm³/mol. The summed E-state index contributed by atoms with van der Waals surface area (Å²) in [5, 5.41) is 29.8. The van der Waals surface area contributed by atoms with Gasteiger partial charge in [0.2, 0.25) is 0 Å². The molecule has 5 N–H and O–H groups in total. The maximum atomic E-state index is 11.9. The molecule has 0 aliphatic carbocycles. The van der Waals surface area contributed by atoms with E-state index in [0.29, 0.717) is 11.6 Å². The number of hydrogen-bond donors (Lipinski definition) is 5. The fourth-order valence-electron chi connectivity index (χ4n) is 3.59. The van der Waals surface area contributed by atoms with Crippen LogP contribution >= 0.6 is 0 Å². The first-order valence-electron chi connectivity index (χ1n) is 10.0. The second kappa shape index (κ2) is 8.90. The van der Waals surface area contributed by atoms with Gasteiger partial charge in [-0.1, -0.05) is 13.3 Å². The van der Waals surface area contributed by atoms with E-state index in [1.54, 1.807) is 11.0 Å². The normalized spacial score (nSPS) is 32.2. The van der Waals surface area contributed by atoms with E-state index >= 15 is 0 Å². The number of hydrogen-bond acceptors (Lipinski definition) is 11. The molecule has 12 nitrogen and oxygen atoms in total. The standard InChI is InChI=1S/C18H26N8O4/c1-2-3-4-19-11-5-12(22-7-21-11)20-6-10-14(27)15(28)18(30-10)26-9-25-13-16(26)23-8-24-17(13)29/h5,7-10,13-16,18,27-28H,2-4,6H2,1H3,(H,23,24,29)(H2,19,20,21,22)/t10-,13?,14-,15-,16?,18-/m1/s1. The molecule has 0 radical (unpaired) electrons. The fraction of sp³-hybridized carbons (Fsp3) is 0.611. The summed E-state index contributed by atoms with van der Waals surface area (Å²) in [4.78, 5) is 30.2. The first kappa shape index (κ1) is 20.4. The molecule has 1 amide bonds. The number of aliphatic hydroxyl groups excluding tert-OH is 2. The van der Waals surface area contributed by atoms with Crippen molar-refractivity contribution in [3.8, 4) is 0 Å². The molecule has 3 aliphatic rings. The zero-order valence-corrected chi connectivity index (χ0v) is 16.5. The van der Waals surface area contributed by atoms with Crippen molar-refractivity contribution in [3.05, 3.63) is 12.4 Å². The van der Waals surface area contributed by atoms with Crippen molar-refractivity contribution in [2.45, 2.75) is 56.5 Å². The van der Waals surface area contributed by atoms with E-state index in [9.17, 15) is 15.0 Å². The van der Waals surface area contributed by atoms with Gasteiger partial charge in [0, 0.05) is 19.2 Å². The quantitative estimate of drug-likeness (QED) is 0.325. The van der Waals surface area contributed by atoms with Crippen LogP contribution in [0.4, 0.5) is 11.6 Å². The van der Waals surface area contributed by atoms with Crippen molar-refractivity contribution in [2.75, 3.05) is 23.7 Å². The van der Waals surface area contributed by atoms with Gasteiger partial charge in [-0.3, -0.25) is 9.79 Å². The summed E-state index contributed by atoms with van der Waals surface area (Å²) in [6, 6.07) is 1.08. The highest BCUT2D eigenvalue weighted by Crippen LogP contribution is 2.29. The van der Waals surface area contributed by atoms with Crippen LogP contribution in [0.5, 0.6) is 0 Å². The molecule has 162 valence electrons. The molecule has 1 aromatic heterocycles. The van der Waals surface area contributed by atoms with E-state index in [-0.39, 0.29) is 12.5 Å². The van der Waals surface area contributed by atoms with Crippen LogP contribution in [-0.2, 0) is 9.53 Å². The molecule has 4 rings (SSSR count). The van der Waals surface area contributed by atoms with E-state index in [1.807, 2.05) is 0 Å². The largest absolute Gasteiger partial charge is 0.387 e. The van der Waals surface area contributed by atoms with Crippen LogP contribution in [0.15, 0.2) is 22.4 Å². The lowest BCUT2D eigenvalue weighted by Crippen LogP contribution is -2.53. The molecule has 0 spiro atoms. The Morgan fingerprint density at radius 3 is 2.80 bits per heavy atom. The van der Waals surface area contributed by atoms with E-state index < -0.39 is 36.7 Å². The Morgan fingerprint density at radius 2 is 2.00 bits per heavy atom. The number of aliphatic imine (C=N–C) groups is 2. The Balaban J connectivity index is 1.36. The number of aromatic nitrogens is 2. The summed E-state index contributed by atoms with van der Waals surface area (Å²) < 4.78 is 5.89.